The lowest BCUT2D eigenvalue weighted by Crippen LogP contribution is -2.41. The number of nitrogens with zero attached hydrogens (tertiary/aromatic N) is 1. The fourth-order valence-electron chi connectivity index (χ4n) is 1.86. The van der Waals surface area contributed by atoms with Crippen molar-refractivity contribution >= 4 is 5.91 Å². The molecule has 0 unspecified atom stereocenters. The van der Waals surface area contributed by atoms with Crippen molar-refractivity contribution in [2.45, 2.75) is 19.8 Å². The van der Waals surface area contributed by atoms with Crippen LogP contribution in [0.25, 0.3) is 0 Å². The van der Waals surface area contributed by atoms with Gasteiger partial charge in [-0.2, -0.15) is 0 Å². The maximum absolute atomic E-state index is 10.9. The van der Waals surface area contributed by atoms with Gasteiger partial charge in [-0.05, 0) is 32.5 Å². The first-order chi connectivity index (χ1) is 6.74. The summed E-state index contributed by atoms with van der Waals surface area (Å²) in [4.78, 5) is 13.3. The summed E-state index contributed by atoms with van der Waals surface area (Å²) in [5.41, 5.74) is 5.26. The van der Waals surface area contributed by atoms with Gasteiger partial charge in [-0.3, -0.25) is 4.79 Å². The number of likely N-dealkylation sites (tertiary alicyclic amines) is 1. The molecule has 1 heterocycles. The van der Waals surface area contributed by atoms with Crippen molar-refractivity contribution in [3.63, 3.8) is 0 Å². The Morgan fingerprint density at radius 1 is 1.50 bits per heavy atom. The number of nitrogens with one attached hydrogen (secondary N) is 1. The number of rotatable bonds is 5. The van der Waals surface area contributed by atoms with Gasteiger partial charge < -0.3 is 16.0 Å². The fraction of sp³-hybridized carbons (Fsp3) is 0.900. The van der Waals surface area contributed by atoms with Gasteiger partial charge in [0.1, 0.15) is 0 Å². The number of likely N-dealkylation sites (N-methyl/N-ethyl adjacent to an activating group) is 1. The lowest BCUT2D eigenvalue weighted by Gasteiger charge is -2.30. The molecule has 0 aromatic rings. The maximum atomic E-state index is 10.9. The third-order valence-corrected chi connectivity index (χ3v) is 2.84. The first-order valence-corrected chi connectivity index (χ1v) is 5.46. The van der Waals surface area contributed by atoms with Crippen LogP contribution in [0.5, 0.6) is 0 Å². The molecule has 0 saturated carbocycles. The number of primary amides is 1. The number of piperidine rings is 1. The molecule has 0 aliphatic carbocycles. The van der Waals surface area contributed by atoms with Crippen molar-refractivity contribution in [3.8, 4) is 0 Å². The van der Waals surface area contributed by atoms with Crippen molar-refractivity contribution in [2.75, 3.05) is 32.7 Å². The normalized spacial score (nSPS) is 19.8. The summed E-state index contributed by atoms with van der Waals surface area (Å²) >= 11 is 0. The van der Waals surface area contributed by atoms with Crippen molar-refractivity contribution < 1.29 is 4.79 Å². The number of carbonyl (C=O) groups excluding carboxylic acids is 1. The van der Waals surface area contributed by atoms with E-state index in [1.807, 2.05) is 0 Å². The second-order valence-electron chi connectivity index (χ2n) is 3.87. The van der Waals surface area contributed by atoms with Crippen molar-refractivity contribution in [1.29, 1.82) is 0 Å². The lowest BCUT2D eigenvalue weighted by molar-refractivity contribution is -0.123. The smallest absolute Gasteiger partial charge is 0.220 e. The Morgan fingerprint density at radius 3 is 2.64 bits per heavy atom. The van der Waals surface area contributed by atoms with Gasteiger partial charge in [0.15, 0.2) is 0 Å². The third kappa shape index (κ3) is 3.64. The van der Waals surface area contributed by atoms with Gasteiger partial charge in [0.05, 0.1) is 0 Å². The summed E-state index contributed by atoms with van der Waals surface area (Å²) in [6.45, 7) is 7.28. The van der Waals surface area contributed by atoms with Crippen molar-refractivity contribution in [2.24, 2.45) is 11.7 Å². The van der Waals surface area contributed by atoms with E-state index in [0.717, 1.165) is 45.6 Å². The SMILES string of the molecule is CCNCCN1CCC(C(N)=O)CC1. The Labute approximate surface area is 85.8 Å². The molecule has 1 saturated heterocycles. The van der Waals surface area contributed by atoms with Gasteiger partial charge in [0, 0.05) is 19.0 Å². The molecule has 1 fully saturated rings. The standard InChI is InChI=1S/C10H21N3O/c1-2-12-5-8-13-6-3-9(4-7-13)10(11)14/h9,12H,2-8H2,1H3,(H2,11,14). The van der Waals surface area contributed by atoms with E-state index < -0.39 is 0 Å². The molecule has 14 heavy (non-hydrogen) atoms. The van der Waals surface area contributed by atoms with E-state index in [0.29, 0.717) is 0 Å². The zero-order valence-corrected chi connectivity index (χ0v) is 8.96. The summed E-state index contributed by atoms with van der Waals surface area (Å²) < 4.78 is 0. The Morgan fingerprint density at radius 2 is 2.14 bits per heavy atom. The lowest BCUT2D eigenvalue weighted by atomic mass is 9.96. The van der Waals surface area contributed by atoms with Crippen LogP contribution in [-0.2, 0) is 4.79 Å². The van der Waals surface area contributed by atoms with Gasteiger partial charge >= 0.3 is 0 Å². The van der Waals surface area contributed by atoms with Crippen molar-refractivity contribution in [1.82, 2.24) is 10.2 Å². The van der Waals surface area contributed by atoms with Gasteiger partial charge in [-0.25, -0.2) is 0 Å². The van der Waals surface area contributed by atoms with E-state index in [1.54, 1.807) is 0 Å². The Kier molecular flexibility index (Phi) is 4.90. The molecule has 0 spiro atoms. The molecule has 3 N–H and O–H groups in total. The van der Waals surface area contributed by atoms with Crippen molar-refractivity contribution in [3.05, 3.63) is 0 Å². The summed E-state index contributed by atoms with van der Waals surface area (Å²) in [5.74, 6) is -0.0123. The third-order valence-electron chi connectivity index (χ3n) is 2.84. The second kappa shape index (κ2) is 5.98. The quantitative estimate of drug-likeness (QED) is 0.603. The Bertz CT molecular complexity index is 176. The molecule has 1 aliphatic rings. The number of nitrogens with two attached hydrogens (primary N) is 1. The molecule has 1 aliphatic heterocycles. The van der Waals surface area contributed by atoms with Gasteiger partial charge in [0.25, 0.3) is 0 Å². The van der Waals surface area contributed by atoms with E-state index >= 15 is 0 Å². The van der Waals surface area contributed by atoms with Crippen LogP contribution in [0.15, 0.2) is 0 Å². The zero-order valence-electron chi connectivity index (χ0n) is 8.96. The van der Waals surface area contributed by atoms with Crippen LogP contribution < -0.4 is 11.1 Å². The average molecular weight is 199 g/mol. The van der Waals surface area contributed by atoms with Crippen LogP contribution in [-0.4, -0.2) is 43.5 Å². The first-order valence-electron chi connectivity index (χ1n) is 5.46. The van der Waals surface area contributed by atoms with Crippen LogP contribution in [0.4, 0.5) is 0 Å². The van der Waals surface area contributed by atoms with Crippen LogP contribution in [0, 0.1) is 5.92 Å². The molecule has 4 nitrogen and oxygen atoms in total. The summed E-state index contributed by atoms with van der Waals surface area (Å²) in [6.07, 6.45) is 1.86. The van der Waals surface area contributed by atoms with Gasteiger partial charge in [-0.15, -0.1) is 0 Å². The molecule has 1 amide bonds. The molecule has 82 valence electrons. The zero-order chi connectivity index (χ0) is 10.4. The highest BCUT2D eigenvalue weighted by atomic mass is 16.1. The summed E-state index contributed by atoms with van der Waals surface area (Å²) in [5, 5.41) is 3.30. The van der Waals surface area contributed by atoms with E-state index in [1.165, 1.54) is 0 Å². The van der Waals surface area contributed by atoms with E-state index in [9.17, 15) is 4.79 Å². The molecule has 0 atom stereocenters. The number of carbonyl (C=O) groups is 1. The maximum Gasteiger partial charge on any atom is 0.220 e. The molecule has 0 aromatic heterocycles. The highest BCUT2D eigenvalue weighted by Crippen LogP contribution is 2.15. The van der Waals surface area contributed by atoms with Crippen LogP contribution in [0.1, 0.15) is 19.8 Å². The minimum Gasteiger partial charge on any atom is -0.369 e. The molecule has 0 radical (unpaired) electrons. The molecular formula is C10H21N3O. The highest BCUT2D eigenvalue weighted by Gasteiger charge is 2.22. The first kappa shape index (κ1) is 11.5. The Hall–Kier alpha value is -0.610. The summed E-state index contributed by atoms with van der Waals surface area (Å²) in [7, 11) is 0. The predicted octanol–water partition coefficient (Wildman–Crippen LogP) is -0.207. The molecule has 4 heteroatoms. The second-order valence-corrected chi connectivity index (χ2v) is 3.87. The monoisotopic (exact) mass is 199 g/mol. The number of amides is 1. The Balaban J connectivity index is 2.12. The molecule has 1 rings (SSSR count). The van der Waals surface area contributed by atoms with Gasteiger partial charge in [0.2, 0.25) is 5.91 Å². The molecular weight excluding hydrogens is 178 g/mol. The average Bonchev–Trinajstić information content (AvgIpc) is 2.19. The summed E-state index contributed by atoms with van der Waals surface area (Å²) in [6, 6.07) is 0. The van der Waals surface area contributed by atoms with Crippen LogP contribution in [0.3, 0.4) is 0 Å². The fourth-order valence-corrected chi connectivity index (χ4v) is 1.86. The number of hydrogen-bond donors (Lipinski definition) is 2. The molecule has 0 aromatic carbocycles. The van der Waals surface area contributed by atoms with E-state index in [-0.39, 0.29) is 11.8 Å². The van der Waals surface area contributed by atoms with Crippen LogP contribution >= 0.6 is 0 Å². The molecule has 0 bridgehead atoms. The van der Waals surface area contributed by atoms with E-state index in [2.05, 4.69) is 17.1 Å². The predicted molar refractivity (Wildman–Crippen MR) is 56.9 cm³/mol. The number of hydrogen-bond acceptors (Lipinski definition) is 3. The topological polar surface area (TPSA) is 58.4 Å². The minimum absolute atomic E-state index is 0.116. The highest BCUT2D eigenvalue weighted by molar-refractivity contribution is 5.76. The van der Waals surface area contributed by atoms with Gasteiger partial charge in [-0.1, -0.05) is 6.92 Å². The minimum atomic E-state index is -0.128. The van der Waals surface area contributed by atoms with Crippen LogP contribution in [0.2, 0.25) is 0 Å². The van der Waals surface area contributed by atoms with E-state index in [4.69, 9.17) is 5.73 Å². The largest absolute Gasteiger partial charge is 0.369 e.